The fraction of sp³-hybridized carbons (Fsp3) is 0.211. The summed E-state index contributed by atoms with van der Waals surface area (Å²) < 4.78 is 15.9. The SMILES string of the molecule is CC(=O)c1ccccc1NC(=O)COC(=O)C1COc2ccccc2O1. The van der Waals surface area contributed by atoms with Gasteiger partial charge >= 0.3 is 5.97 Å². The molecule has 1 aliphatic rings. The van der Waals surface area contributed by atoms with Crippen molar-refractivity contribution in [3.63, 3.8) is 0 Å². The van der Waals surface area contributed by atoms with Gasteiger partial charge in [0.1, 0.15) is 6.61 Å². The maximum absolute atomic E-state index is 12.1. The normalized spacial score (nSPS) is 15.0. The van der Waals surface area contributed by atoms with Crippen LogP contribution in [0.3, 0.4) is 0 Å². The van der Waals surface area contributed by atoms with Crippen LogP contribution >= 0.6 is 0 Å². The van der Waals surface area contributed by atoms with Gasteiger partial charge in [-0.25, -0.2) is 4.79 Å². The number of hydrogen-bond donors (Lipinski definition) is 1. The lowest BCUT2D eigenvalue weighted by Crippen LogP contribution is -2.39. The molecule has 0 saturated carbocycles. The second kappa shape index (κ2) is 7.69. The first-order valence-corrected chi connectivity index (χ1v) is 7.99. The Kier molecular flexibility index (Phi) is 5.17. The van der Waals surface area contributed by atoms with E-state index in [0.29, 0.717) is 22.7 Å². The van der Waals surface area contributed by atoms with Crippen molar-refractivity contribution < 1.29 is 28.6 Å². The summed E-state index contributed by atoms with van der Waals surface area (Å²) in [6.45, 7) is 0.917. The summed E-state index contributed by atoms with van der Waals surface area (Å²) in [4.78, 5) is 35.6. The molecule has 0 saturated heterocycles. The number of hydrogen-bond acceptors (Lipinski definition) is 6. The minimum atomic E-state index is -0.942. The van der Waals surface area contributed by atoms with Crippen molar-refractivity contribution >= 4 is 23.3 Å². The highest BCUT2D eigenvalue weighted by Crippen LogP contribution is 2.31. The molecule has 1 unspecified atom stereocenters. The Bertz CT molecular complexity index is 847. The van der Waals surface area contributed by atoms with Crippen molar-refractivity contribution in [2.75, 3.05) is 18.5 Å². The first-order chi connectivity index (χ1) is 12.5. The van der Waals surface area contributed by atoms with Crippen LogP contribution in [-0.2, 0) is 14.3 Å². The number of amides is 1. The number of para-hydroxylation sites is 3. The Morgan fingerprint density at radius 2 is 1.77 bits per heavy atom. The molecule has 1 amide bonds. The molecule has 3 rings (SSSR count). The van der Waals surface area contributed by atoms with E-state index >= 15 is 0 Å². The van der Waals surface area contributed by atoms with Gasteiger partial charge in [0.2, 0.25) is 6.10 Å². The van der Waals surface area contributed by atoms with Gasteiger partial charge in [0.15, 0.2) is 23.9 Å². The lowest BCUT2D eigenvalue weighted by Gasteiger charge is -2.24. The summed E-state index contributed by atoms with van der Waals surface area (Å²) in [6.07, 6.45) is -0.942. The first-order valence-electron chi connectivity index (χ1n) is 7.99. The Hall–Kier alpha value is -3.35. The number of esters is 1. The van der Waals surface area contributed by atoms with Gasteiger partial charge in [0.05, 0.1) is 5.69 Å². The number of fused-ring (bicyclic) bond motifs is 1. The molecule has 0 spiro atoms. The van der Waals surface area contributed by atoms with Crippen LogP contribution in [0.5, 0.6) is 11.5 Å². The molecule has 26 heavy (non-hydrogen) atoms. The Labute approximate surface area is 149 Å². The summed E-state index contributed by atoms with van der Waals surface area (Å²) in [5, 5.41) is 2.56. The summed E-state index contributed by atoms with van der Waals surface area (Å²) in [6, 6.07) is 13.6. The van der Waals surface area contributed by atoms with E-state index in [4.69, 9.17) is 14.2 Å². The molecule has 2 aromatic carbocycles. The number of anilines is 1. The standard InChI is InChI=1S/C19H17NO6/c1-12(21)13-6-2-3-7-14(13)20-18(22)11-25-19(23)17-10-24-15-8-4-5-9-16(15)26-17/h2-9,17H,10-11H2,1H3,(H,20,22). The molecule has 0 bridgehead atoms. The van der Waals surface area contributed by atoms with Crippen molar-refractivity contribution in [1.82, 2.24) is 0 Å². The number of ether oxygens (including phenoxy) is 3. The second-order valence-electron chi connectivity index (χ2n) is 5.62. The molecule has 0 aromatic heterocycles. The molecule has 134 valence electrons. The van der Waals surface area contributed by atoms with Crippen LogP contribution in [0.1, 0.15) is 17.3 Å². The van der Waals surface area contributed by atoms with E-state index in [1.807, 2.05) is 0 Å². The summed E-state index contributed by atoms with van der Waals surface area (Å²) in [7, 11) is 0. The molecule has 0 radical (unpaired) electrons. The van der Waals surface area contributed by atoms with E-state index in [1.54, 1.807) is 48.5 Å². The van der Waals surface area contributed by atoms with Crippen LogP contribution < -0.4 is 14.8 Å². The van der Waals surface area contributed by atoms with Crippen molar-refractivity contribution in [2.45, 2.75) is 13.0 Å². The largest absolute Gasteiger partial charge is 0.485 e. The van der Waals surface area contributed by atoms with E-state index in [2.05, 4.69) is 5.32 Å². The molecule has 2 aromatic rings. The topological polar surface area (TPSA) is 90.9 Å². The van der Waals surface area contributed by atoms with Gasteiger partial charge in [-0.1, -0.05) is 24.3 Å². The van der Waals surface area contributed by atoms with Crippen LogP contribution in [0.15, 0.2) is 48.5 Å². The predicted molar refractivity (Wildman–Crippen MR) is 92.4 cm³/mol. The molecule has 1 aliphatic heterocycles. The van der Waals surface area contributed by atoms with Crippen molar-refractivity contribution in [1.29, 1.82) is 0 Å². The third kappa shape index (κ3) is 4.00. The zero-order chi connectivity index (χ0) is 18.5. The smallest absolute Gasteiger partial charge is 0.351 e. The number of carbonyl (C=O) groups is 3. The van der Waals surface area contributed by atoms with Crippen LogP contribution in [-0.4, -0.2) is 37.0 Å². The number of ketones is 1. The lowest BCUT2D eigenvalue weighted by atomic mass is 10.1. The van der Waals surface area contributed by atoms with Gasteiger partial charge in [-0.15, -0.1) is 0 Å². The molecule has 7 heteroatoms. The van der Waals surface area contributed by atoms with Gasteiger partial charge in [0, 0.05) is 5.56 Å². The second-order valence-corrected chi connectivity index (χ2v) is 5.62. The molecular formula is C19H17NO6. The van der Waals surface area contributed by atoms with Crippen LogP contribution in [0, 0.1) is 0 Å². The fourth-order valence-corrected chi connectivity index (χ4v) is 2.45. The molecule has 1 heterocycles. The van der Waals surface area contributed by atoms with Crippen LogP contribution in [0.4, 0.5) is 5.69 Å². The van der Waals surface area contributed by atoms with E-state index in [1.165, 1.54) is 6.92 Å². The average Bonchev–Trinajstić information content (AvgIpc) is 2.66. The lowest BCUT2D eigenvalue weighted by molar-refractivity contribution is -0.156. The van der Waals surface area contributed by atoms with E-state index in [0.717, 1.165) is 0 Å². The third-order valence-corrected chi connectivity index (χ3v) is 3.70. The summed E-state index contributed by atoms with van der Waals surface area (Å²) in [5.74, 6) is -0.432. The summed E-state index contributed by atoms with van der Waals surface area (Å²) in [5.41, 5.74) is 0.750. The molecular weight excluding hydrogens is 338 g/mol. The zero-order valence-electron chi connectivity index (χ0n) is 14.1. The van der Waals surface area contributed by atoms with E-state index < -0.39 is 24.6 Å². The molecule has 0 aliphatic carbocycles. The highest BCUT2D eigenvalue weighted by atomic mass is 16.6. The zero-order valence-corrected chi connectivity index (χ0v) is 14.1. The fourth-order valence-electron chi connectivity index (χ4n) is 2.45. The quantitative estimate of drug-likeness (QED) is 0.653. The van der Waals surface area contributed by atoms with Gasteiger partial charge in [-0.2, -0.15) is 0 Å². The van der Waals surface area contributed by atoms with Crippen molar-refractivity contribution in [3.05, 3.63) is 54.1 Å². The van der Waals surface area contributed by atoms with Gasteiger partial charge in [0.25, 0.3) is 5.91 Å². The maximum atomic E-state index is 12.1. The monoisotopic (exact) mass is 355 g/mol. The summed E-state index contributed by atoms with van der Waals surface area (Å²) >= 11 is 0. The van der Waals surface area contributed by atoms with Crippen LogP contribution in [0.25, 0.3) is 0 Å². The van der Waals surface area contributed by atoms with Gasteiger partial charge in [-0.05, 0) is 31.2 Å². The number of rotatable bonds is 5. The van der Waals surface area contributed by atoms with E-state index in [-0.39, 0.29) is 12.4 Å². The molecule has 0 fully saturated rings. The molecule has 1 N–H and O–H groups in total. The highest BCUT2D eigenvalue weighted by Gasteiger charge is 2.29. The molecule has 7 nitrogen and oxygen atoms in total. The van der Waals surface area contributed by atoms with Crippen molar-refractivity contribution in [3.8, 4) is 11.5 Å². The number of benzene rings is 2. The predicted octanol–water partition coefficient (Wildman–Crippen LogP) is 2.21. The minimum absolute atomic E-state index is 0.00460. The van der Waals surface area contributed by atoms with Gasteiger partial charge < -0.3 is 19.5 Å². The van der Waals surface area contributed by atoms with E-state index in [9.17, 15) is 14.4 Å². The number of nitrogens with one attached hydrogen (secondary N) is 1. The average molecular weight is 355 g/mol. The molecule has 1 atom stereocenters. The Morgan fingerprint density at radius 1 is 1.08 bits per heavy atom. The van der Waals surface area contributed by atoms with Gasteiger partial charge in [-0.3, -0.25) is 9.59 Å². The Morgan fingerprint density at radius 3 is 2.54 bits per heavy atom. The highest BCUT2D eigenvalue weighted by molar-refractivity contribution is 6.04. The maximum Gasteiger partial charge on any atom is 0.351 e. The van der Waals surface area contributed by atoms with Crippen LogP contribution in [0.2, 0.25) is 0 Å². The minimum Gasteiger partial charge on any atom is -0.485 e. The van der Waals surface area contributed by atoms with Crippen molar-refractivity contribution in [2.24, 2.45) is 0 Å². The number of Topliss-reactive ketones (excluding diaryl/α,β-unsaturated/α-hetero) is 1. The third-order valence-electron chi connectivity index (χ3n) is 3.70. The first kappa shape index (κ1) is 17.5. The number of carbonyl (C=O) groups excluding carboxylic acids is 3. The Balaban J connectivity index is 1.54.